The molecule has 3 nitrogen and oxygen atoms in total. The summed E-state index contributed by atoms with van der Waals surface area (Å²) in [6.45, 7) is 1.28. The SMILES string of the molecule is CC(O)(C(=O)O)c1ccc2ccccc2c1. The highest BCUT2D eigenvalue weighted by molar-refractivity contribution is 5.86. The van der Waals surface area contributed by atoms with E-state index in [1.165, 1.54) is 6.92 Å². The lowest BCUT2D eigenvalue weighted by Gasteiger charge is -2.18. The summed E-state index contributed by atoms with van der Waals surface area (Å²) in [7, 11) is 0. The van der Waals surface area contributed by atoms with Gasteiger partial charge in [0.15, 0.2) is 5.60 Å². The van der Waals surface area contributed by atoms with E-state index in [4.69, 9.17) is 5.11 Å². The third-order valence-corrected chi connectivity index (χ3v) is 2.73. The van der Waals surface area contributed by atoms with Crippen LogP contribution in [0.5, 0.6) is 0 Å². The van der Waals surface area contributed by atoms with Crippen LogP contribution in [0.3, 0.4) is 0 Å². The summed E-state index contributed by atoms with van der Waals surface area (Å²) in [5.41, 5.74) is -1.46. The Hall–Kier alpha value is -1.87. The zero-order chi connectivity index (χ0) is 11.8. The number of hydrogen-bond acceptors (Lipinski definition) is 2. The van der Waals surface area contributed by atoms with Crippen molar-refractivity contribution >= 4 is 16.7 Å². The number of aliphatic hydroxyl groups is 1. The molecule has 1 atom stereocenters. The van der Waals surface area contributed by atoms with Crippen LogP contribution in [-0.4, -0.2) is 16.2 Å². The first-order chi connectivity index (χ1) is 7.51. The molecule has 0 saturated carbocycles. The number of carbonyl (C=O) groups is 1. The molecule has 3 heteroatoms. The van der Waals surface area contributed by atoms with E-state index in [0.29, 0.717) is 5.56 Å². The molecule has 0 radical (unpaired) electrons. The van der Waals surface area contributed by atoms with E-state index in [1.807, 2.05) is 30.3 Å². The lowest BCUT2D eigenvalue weighted by atomic mass is 9.94. The summed E-state index contributed by atoms with van der Waals surface area (Å²) in [5, 5.41) is 20.7. The van der Waals surface area contributed by atoms with Gasteiger partial charge in [0.1, 0.15) is 0 Å². The Morgan fingerprint density at radius 2 is 1.75 bits per heavy atom. The van der Waals surface area contributed by atoms with E-state index in [0.717, 1.165) is 10.8 Å². The van der Waals surface area contributed by atoms with E-state index < -0.39 is 11.6 Å². The zero-order valence-electron chi connectivity index (χ0n) is 8.84. The van der Waals surface area contributed by atoms with Gasteiger partial charge in [-0.15, -0.1) is 0 Å². The topological polar surface area (TPSA) is 57.5 Å². The summed E-state index contributed by atoms with van der Waals surface area (Å²) in [6.07, 6.45) is 0. The first kappa shape index (κ1) is 10.6. The second-order valence-electron chi connectivity index (χ2n) is 3.94. The van der Waals surface area contributed by atoms with Crippen LogP contribution in [-0.2, 0) is 10.4 Å². The predicted molar refractivity (Wildman–Crippen MR) is 61.2 cm³/mol. The van der Waals surface area contributed by atoms with Crippen molar-refractivity contribution in [3.8, 4) is 0 Å². The molecule has 0 fully saturated rings. The van der Waals surface area contributed by atoms with Crippen LogP contribution in [0.25, 0.3) is 10.8 Å². The molecule has 2 aromatic rings. The minimum absolute atomic E-state index is 0.388. The van der Waals surface area contributed by atoms with E-state index in [2.05, 4.69) is 0 Å². The fourth-order valence-electron chi connectivity index (χ4n) is 1.62. The third-order valence-electron chi connectivity index (χ3n) is 2.73. The number of rotatable bonds is 2. The monoisotopic (exact) mass is 216 g/mol. The maximum atomic E-state index is 10.9. The molecule has 16 heavy (non-hydrogen) atoms. The summed E-state index contributed by atoms with van der Waals surface area (Å²) in [5.74, 6) is -1.25. The smallest absolute Gasteiger partial charge is 0.340 e. The third kappa shape index (κ3) is 1.66. The number of benzene rings is 2. The van der Waals surface area contributed by atoms with Crippen molar-refractivity contribution in [2.24, 2.45) is 0 Å². The molecule has 0 heterocycles. The van der Waals surface area contributed by atoms with Gasteiger partial charge in [-0.2, -0.15) is 0 Å². The van der Waals surface area contributed by atoms with E-state index in [1.54, 1.807) is 12.1 Å². The van der Waals surface area contributed by atoms with Crippen molar-refractivity contribution in [3.63, 3.8) is 0 Å². The van der Waals surface area contributed by atoms with Crippen LogP contribution in [0.1, 0.15) is 12.5 Å². The highest BCUT2D eigenvalue weighted by Gasteiger charge is 2.32. The van der Waals surface area contributed by atoms with Gasteiger partial charge in [0.25, 0.3) is 0 Å². The molecule has 0 bridgehead atoms. The van der Waals surface area contributed by atoms with Gasteiger partial charge in [0, 0.05) is 0 Å². The van der Waals surface area contributed by atoms with Crippen molar-refractivity contribution in [2.45, 2.75) is 12.5 Å². The first-order valence-electron chi connectivity index (χ1n) is 4.97. The van der Waals surface area contributed by atoms with Crippen molar-refractivity contribution in [3.05, 3.63) is 48.0 Å². The Bertz CT molecular complexity index is 544. The van der Waals surface area contributed by atoms with Gasteiger partial charge >= 0.3 is 5.97 Å². The quantitative estimate of drug-likeness (QED) is 0.808. The molecule has 0 saturated heterocycles. The minimum Gasteiger partial charge on any atom is -0.479 e. The lowest BCUT2D eigenvalue weighted by Crippen LogP contribution is -2.31. The van der Waals surface area contributed by atoms with Crippen molar-refractivity contribution in [1.82, 2.24) is 0 Å². The molecule has 2 aromatic carbocycles. The lowest BCUT2D eigenvalue weighted by molar-refractivity contribution is -0.157. The highest BCUT2D eigenvalue weighted by atomic mass is 16.4. The molecule has 2 N–H and O–H groups in total. The Morgan fingerprint density at radius 1 is 1.12 bits per heavy atom. The number of hydrogen-bond donors (Lipinski definition) is 2. The summed E-state index contributed by atoms with van der Waals surface area (Å²) in [6, 6.07) is 12.8. The molecule has 0 aliphatic heterocycles. The molecule has 0 spiro atoms. The molecule has 0 aliphatic carbocycles. The summed E-state index contributed by atoms with van der Waals surface area (Å²) < 4.78 is 0. The molecule has 1 unspecified atom stereocenters. The van der Waals surface area contributed by atoms with Crippen LogP contribution in [0.4, 0.5) is 0 Å². The van der Waals surface area contributed by atoms with Gasteiger partial charge in [-0.05, 0) is 29.3 Å². The van der Waals surface area contributed by atoms with E-state index in [9.17, 15) is 9.90 Å². The minimum atomic E-state index is -1.84. The van der Waals surface area contributed by atoms with E-state index >= 15 is 0 Å². The fraction of sp³-hybridized carbons (Fsp3) is 0.154. The van der Waals surface area contributed by atoms with Crippen LogP contribution in [0, 0.1) is 0 Å². The highest BCUT2D eigenvalue weighted by Crippen LogP contribution is 2.24. The second-order valence-corrected chi connectivity index (χ2v) is 3.94. The maximum Gasteiger partial charge on any atom is 0.340 e. The number of fused-ring (bicyclic) bond motifs is 1. The Labute approximate surface area is 93.0 Å². The van der Waals surface area contributed by atoms with Crippen LogP contribution in [0.2, 0.25) is 0 Å². The molecular weight excluding hydrogens is 204 g/mol. The average Bonchev–Trinajstić information content (AvgIpc) is 2.28. The molecule has 2 rings (SSSR count). The van der Waals surface area contributed by atoms with Crippen LogP contribution >= 0.6 is 0 Å². The molecule has 82 valence electrons. The average molecular weight is 216 g/mol. The van der Waals surface area contributed by atoms with Crippen molar-refractivity contribution in [2.75, 3.05) is 0 Å². The Morgan fingerprint density at radius 3 is 2.38 bits per heavy atom. The maximum absolute atomic E-state index is 10.9. The normalized spacial score (nSPS) is 14.6. The number of aliphatic carboxylic acids is 1. The predicted octanol–water partition coefficient (Wildman–Crippen LogP) is 2.13. The second kappa shape index (κ2) is 3.61. The van der Waals surface area contributed by atoms with Crippen LogP contribution < -0.4 is 0 Å². The Balaban J connectivity index is 2.59. The molecular formula is C13H12O3. The van der Waals surface area contributed by atoms with Gasteiger partial charge in [-0.1, -0.05) is 36.4 Å². The number of carboxylic acids is 1. The van der Waals surface area contributed by atoms with Crippen molar-refractivity contribution in [1.29, 1.82) is 0 Å². The van der Waals surface area contributed by atoms with Crippen LogP contribution in [0.15, 0.2) is 42.5 Å². The molecule has 0 aromatic heterocycles. The first-order valence-corrected chi connectivity index (χ1v) is 4.97. The fourth-order valence-corrected chi connectivity index (χ4v) is 1.62. The molecule has 0 aliphatic rings. The van der Waals surface area contributed by atoms with Gasteiger partial charge in [-0.3, -0.25) is 0 Å². The Kier molecular flexibility index (Phi) is 2.40. The van der Waals surface area contributed by atoms with Gasteiger partial charge < -0.3 is 10.2 Å². The summed E-state index contributed by atoms with van der Waals surface area (Å²) in [4.78, 5) is 10.9. The zero-order valence-corrected chi connectivity index (χ0v) is 8.84. The van der Waals surface area contributed by atoms with Crippen molar-refractivity contribution < 1.29 is 15.0 Å². The number of carboxylic acid groups (broad SMARTS) is 1. The van der Waals surface area contributed by atoms with Gasteiger partial charge in [0.05, 0.1) is 0 Å². The largest absolute Gasteiger partial charge is 0.479 e. The van der Waals surface area contributed by atoms with E-state index in [-0.39, 0.29) is 0 Å². The van der Waals surface area contributed by atoms with Gasteiger partial charge in [0.2, 0.25) is 0 Å². The standard InChI is InChI=1S/C13H12O3/c1-13(16,12(14)15)11-7-6-9-4-2-3-5-10(9)8-11/h2-8,16H,1H3,(H,14,15). The van der Waals surface area contributed by atoms with Gasteiger partial charge in [-0.25, -0.2) is 4.79 Å². The summed E-state index contributed by atoms with van der Waals surface area (Å²) >= 11 is 0. The molecule has 0 amide bonds.